The van der Waals surface area contributed by atoms with Gasteiger partial charge < -0.3 is 10.6 Å². The summed E-state index contributed by atoms with van der Waals surface area (Å²) < 4.78 is 0. The van der Waals surface area contributed by atoms with Gasteiger partial charge in [0.25, 0.3) is 5.91 Å². The highest BCUT2D eigenvalue weighted by Crippen LogP contribution is 2.29. The van der Waals surface area contributed by atoms with Crippen LogP contribution >= 0.6 is 23.2 Å². The van der Waals surface area contributed by atoms with E-state index in [0.29, 0.717) is 33.8 Å². The van der Waals surface area contributed by atoms with E-state index in [4.69, 9.17) is 28.9 Å². The van der Waals surface area contributed by atoms with Gasteiger partial charge in [0.05, 0.1) is 15.7 Å². The monoisotopic (exact) mass is 302 g/mol. The lowest BCUT2D eigenvalue weighted by Gasteiger charge is -2.28. The fourth-order valence-electron chi connectivity index (χ4n) is 1.80. The number of carbonyl (C=O) groups is 1. The largest absolute Gasteiger partial charge is 0.396 e. The molecule has 0 atom stereocenters. The highest BCUT2D eigenvalue weighted by molar-refractivity contribution is 6.39. The number of hydrogen-bond acceptors (Lipinski definition) is 2. The number of anilines is 1. The maximum absolute atomic E-state index is 12.5. The SMILES string of the molecule is CC(C)CN(C(=O)c1cc(Cl)c(N)c(Cl)c1)C(C)C. The summed E-state index contributed by atoms with van der Waals surface area (Å²) in [5.41, 5.74) is 6.46. The first-order chi connectivity index (χ1) is 8.73. The van der Waals surface area contributed by atoms with E-state index in [1.165, 1.54) is 0 Å². The predicted octanol–water partition coefficient (Wildman–Crippen LogP) is 4.08. The number of nitrogen functional groups attached to an aromatic ring is 1. The lowest BCUT2D eigenvalue weighted by molar-refractivity contribution is 0.0682. The number of halogens is 2. The second-order valence-electron chi connectivity index (χ2n) is 5.30. The molecule has 1 aromatic carbocycles. The van der Waals surface area contributed by atoms with Gasteiger partial charge in [-0.05, 0) is 31.9 Å². The third kappa shape index (κ3) is 4.02. The molecule has 0 aliphatic rings. The number of carbonyl (C=O) groups excluding carboxylic acids is 1. The molecule has 3 nitrogen and oxygen atoms in total. The standard InChI is InChI=1S/C14H20Cl2N2O/c1-8(2)7-18(9(3)4)14(19)10-5-11(15)13(17)12(16)6-10/h5-6,8-9H,7,17H2,1-4H3. The third-order valence-corrected chi connectivity index (χ3v) is 3.40. The summed E-state index contributed by atoms with van der Waals surface area (Å²) in [5, 5.41) is 0.619. The van der Waals surface area contributed by atoms with Crippen molar-refractivity contribution in [3.05, 3.63) is 27.7 Å². The molecule has 0 bridgehead atoms. The van der Waals surface area contributed by atoms with Crippen LogP contribution in [-0.2, 0) is 0 Å². The van der Waals surface area contributed by atoms with E-state index in [1.807, 2.05) is 18.7 Å². The van der Waals surface area contributed by atoms with Crippen LogP contribution in [0.4, 0.5) is 5.69 Å². The number of nitrogens with two attached hydrogens (primary N) is 1. The van der Waals surface area contributed by atoms with Crippen molar-refractivity contribution >= 4 is 34.8 Å². The van der Waals surface area contributed by atoms with Gasteiger partial charge in [-0.15, -0.1) is 0 Å². The van der Waals surface area contributed by atoms with Crippen LogP contribution in [0.2, 0.25) is 10.0 Å². The molecule has 19 heavy (non-hydrogen) atoms. The lowest BCUT2D eigenvalue weighted by Crippen LogP contribution is -2.39. The second kappa shape index (κ2) is 6.49. The van der Waals surface area contributed by atoms with Gasteiger partial charge in [-0.3, -0.25) is 4.79 Å². The molecule has 0 radical (unpaired) electrons. The molecule has 106 valence electrons. The average Bonchev–Trinajstić information content (AvgIpc) is 2.31. The Labute approximate surface area is 124 Å². The van der Waals surface area contributed by atoms with E-state index in [9.17, 15) is 4.79 Å². The molecule has 0 spiro atoms. The van der Waals surface area contributed by atoms with E-state index >= 15 is 0 Å². The van der Waals surface area contributed by atoms with E-state index in [-0.39, 0.29) is 11.9 Å². The van der Waals surface area contributed by atoms with Gasteiger partial charge in [-0.25, -0.2) is 0 Å². The van der Waals surface area contributed by atoms with Gasteiger partial charge in [-0.1, -0.05) is 37.0 Å². The molecule has 0 aliphatic heterocycles. The van der Waals surface area contributed by atoms with Gasteiger partial charge in [-0.2, -0.15) is 0 Å². The highest BCUT2D eigenvalue weighted by Gasteiger charge is 2.21. The van der Waals surface area contributed by atoms with E-state index < -0.39 is 0 Å². The minimum atomic E-state index is -0.0764. The minimum Gasteiger partial charge on any atom is -0.396 e. The summed E-state index contributed by atoms with van der Waals surface area (Å²) in [7, 11) is 0. The Kier molecular flexibility index (Phi) is 5.50. The normalized spacial score (nSPS) is 11.2. The zero-order valence-electron chi connectivity index (χ0n) is 11.7. The van der Waals surface area contributed by atoms with Gasteiger partial charge >= 0.3 is 0 Å². The van der Waals surface area contributed by atoms with Gasteiger partial charge in [0.1, 0.15) is 0 Å². The lowest BCUT2D eigenvalue weighted by atomic mass is 10.1. The van der Waals surface area contributed by atoms with E-state index in [2.05, 4.69) is 13.8 Å². The van der Waals surface area contributed by atoms with Crippen molar-refractivity contribution in [2.45, 2.75) is 33.7 Å². The second-order valence-corrected chi connectivity index (χ2v) is 6.11. The smallest absolute Gasteiger partial charge is 0.254 e. The fourth-order valence-corrected chi connectivity index (χ4v) is 2.28. The predicted molar refractivity (Wildman–Crippen MR) is 81.9 cm³/mol. The number of amides is 1. The van der Waals surface area contributed by atoms with E-state index in [0.717, 1.165) is 0 Å². The van der Waals surface area contributed by atoms with Crippen molar-refractivity contribution in [3.8, 4) is 0 Å². The first-order valence-corrected chi connectivity index (χ1v) is 7.05. The van der Waals surface area contributed by atoms with Crippen LogP contribution in [0.3, 0.4) is 0 Å². The van der Waals surface area contributed by atoms with Gasteiger partial charge in [0.2, 0.25) is 0 Å². The van der Waals surface area contributed by atoms with Crippen LogP contribution in [0.1, 0.15) is 38.1 Å². The van der Waals surface area contributed by atoms with Crippen LogP contribution < -0.4 is 5.73 Å². The molecule has 0 fully saturated rings. The average molecular weight is 303 g/mol. The first kappa shape index (κ1) is 16.1. The van der Waals surface area contributed by atoms with Crippen LogP contribution in [0.25, 0.3) is 0 Å². The van der Waals surface area contributed by atoms with Gasteiger partial charge in [0.15, 0.2) is 0 Å². The summed E-state index contributed by atoms with van der Waals surface area (Å²) >= 11 is 11.9. The minimum absolute atomic E-state index is 0.0764. The van der Waals surface area contributed by atoms with Crippen molar-refractivity contribution in [1.29, 1.82) is 0 Å². The molecular weight excluding hydrogens is 283 g/mol. The Morgan fingerprint density at radius 2 is 1.68 bits per heavy atom. The summed E-state index contributed by atoms with van der Waals surface area (Å²) in [6.45, 7) is 8.81. The molecule has 0 saturated heterocycles. The first-order valence-electron chi connectivity index (χ1n) is 6.29. The topological polar surface area (TPSA) is 46.3 Å². The molecule has 2 N–H and O–H groups in total. The molecule has 0 unspecified atom stereocenters. The quantitative estimate of drug-likeness (QED) is 0.852. The maximum atomic E-state index is 12.5. The van der Waals surface area contributed by atoms with Crippen molar-refractivity contribution < 1.29 is 4.79 Å². The third-order valence-electron chi connectivity index (χ3n) is 2.77. The Balaban J connectivity index is 3.10. The summed E-state index contributed by atoms with van der Waals surface area (Å²) in [6, 6.07) is 3.26. The summed E-state index contributed by atoms with van der Waals surface area (Å²) in [4.78, 5) is 14.3. The molecule has 0 aliphatic carbocycles. The molecule has 5 heteroatoms. The van der Waals surface area contributed by atoms with Crippen molar-refractivity contribution in [1.82, 2.24) is 4.90 Å². The number of rotatable bonds is 4. The van der Waals surface area contributed by atoms with Crippen LogP contribution in [0, 0.1) is 5.92 Å². The number of hydrogen-bond donors (Lipinski definition) is 1. The zero-order valence-corrected chi connectivity index (χ0v) is 13.2. The number of nitrogens with zero attached hydrogens (tertiary/aromatic N) is 1. The highest BCUT2D eigenvalue weighted by atomic mass is 35.5. The number of benzene rings is 1. The molecule has 0 aromatic heterocycles. The summed E-state index contributed by atoms with van der Waals surface area (Å²) in [6.07, 6.45) is 0. The molecule has 1 amide bonds. The fraction of sp³-hybridized carbons (Fsp3) is 0.500. The molecular formula is C14H20Cl2N2O. The van der Waals surface area contributed by atoms with Crippen LogP contribution in [0.15, 0.2) is 12.1 Å². The van der Waals surface area contributed by atoms with Gasteiger partial charge in [0, 0.05) is 18.2 Å². The molecule has 0 heterocycles. The molecule has 0 saturated carbocycles. The van der Waals surface area contributed by atoms with E-state index in [1.54, 1.807) is 12.1 Å². The van der Waals surface area contributed by atoms with Crippen molar-refractivity contribution in [2.75, 3.05) is 12.3 Å². The van der Waals surface area contributed by atoms with Crippen LogP contribution in [-0.4, -0.2) is 23.4 Å². The summed E-state index contributed by atoms with van der Waals surface area (Å²) in [5.74, 6) is 0.318. The maximum Gasteiger partial charge on any atom is 0.254 e. The molecule has 1 rings (SSSR count). The van der Waals surface area contributed by atoms with Crippen molar-refractivity contribution in [2.24, 2.45) is 5.92 Å². The Hall–Kier alpha value is -0.930. The van der Waals surface area contributed by atoms with Crippen molar-refractivity contribution in [3.63, 3.8) is 0 Å². The zero-order chi connectivity index (χ0) is 14.7. The Morgan fingerprint density at radius 1 is 1.21 bits per heavy atom. The molecule has 1 aromatic rings. The Morgan fingerprint density at radius 3 is 2.05 bits per heavy atom. The Bertz CT molecular complexity index is 450. The van der Waals surface area contributed by atoms with Crippen LogP contribution in [0.5, 0.6) is 0 Å².